The molecule has 0 saturated carbocycles. The number of rotatable bonds is 3. The molecule has 2 rings (SSSR count). The summed E-state index contributed by atoms with van der Waals surface area (Å²) in [5, 5.41) is 0. The molecule has 1 aliphatic heterocycles. The van der Waals surface area contributed by atoms with E-state index in [0.29, 0.717) is 10.7 Å². The fraction of sp³-hybridized carbons (Fsp3) is 0.538. The Bertz CT molecular complexity index is 317. The van der Waals surface area contributed by atoms with Crippen LogP contribution in [0.1, 0.15) is 12.0 Å². The van der Waals surface area contributed by atoms with Gasteiger partial charge in [-0.1, -0.05) is 46.3 Å². The Kier molecular flexibility index (Phi) is 4.74. The zero-order valence-corrected chi connectivity index (χ0v) is 11.8. The van der Waals surface area contributed by atoms with Crippen molar-refractivity contribution in [1.82, 2.24) is 4.90 Å². The largest absolute Gasteiger partial charge is 0.299 e. The molecule has 0 aromatic heterocycles. The van der Waals surface area contributed by atoms with Crippen LogP contribution >= 0.6 is 28.6 Å². The van der Waals surface area contributed by atoms with E-state index in [2.05, 4.69) is 63.8 Å². The van der Waals surface area contributed by atoms with Crippen LogP contribution in [0, 0.1) is 5.92 Å². The fourth-order valence-corrected chi connectivity index (χ4v) is 3.45. The second kappa shape index (κ2) is 6.08. The average molecular weight is 300 g/mol. The maximum atomic E-state index is 4.43. The molecule has 1 aromatic carbocycles. The first-order valence-corrected chi connectivity index (χ1v) is 7.35. The van der Waals surface area contributed by atoms with E-state index in [4.69, 9.17) is 0 Å². The van der Waals surface area contributed by atoms with Crippen LogP contribution in [-0.2, 0) is 6.54 Å². The van der Waals surface area contributed by atoms with Gasteiger partial charge in [-0.2, -0.15) is 12.6 Å². The Balaban J connectivity index is 1.92. The molecule has 1 aromatic rings. The van der Waals surface area contributed by atoms with Crippen molar-refractivity contribution in [3.05, 3.63) is 35.9 Å². The fourth-order valence-electron chi connectivity index (χ4n) is 2.24. The summed E-state index contributed by atoms with van der Waals surface area (Å²) in [6.45, 7) is 3.42. The van der Waals surface area contributed by atoms with E-state index in [1.807, 2.05) is 0 Å². The minimum Gasteiger partial charge on any atom is -0.299 e. The molecule has 0 bridgehead atoms. The molecule has 0 aliphatic carbocycles. The lowest BCUT2D eigenvalue weighted by Crippen LogP contribution is -2.41. The Morgan fingerprint density at radius 3 is 2.75 bits per heavy atom. The van der Waals surface area contributed by atoms with Crippen LogP contribution in [0.4, 0.5) is 0 Å². The van der Waals surface area contributed by atoms with Gasteiger partial charge in [-0.05, 0) is 30.2 Å². The van der Waals surface area contributed by atoms with Crippen LogP contribution in [-0.4, -0.2) is 28.6 Å². The first-order chi connectivity index (χ1) is 7.79. The van der Waals surface area contributed by atoms with Gasteiger partial charge in [0.15, 0.2) is 0 Å². The van der Waals surface area contributed by atoms with Gasteiger partial charge in [0.1, 0.15) is 0 Å². The van der Waals surface area contributed by atoms with Gasteiger partial charge in [0, 0.05) is 17.9 Å². The molecule has 0 N–H and O–H groups in total. The molecular weight excluding hydrogens is 282 g/mol. The van der Waals surface area contributed by atoms with E-state index < -0.39 is 0 Å². The summed E-state index contributed by atoms with van der Waals surface area (Å²) in [6, 6.07) is 10.7. The Labute approximate surface area is 112 Å². The van der Waals surface area contributed by atoms with Crippen LogP contribution in [0.3, 0.4) is 0 Å². The minimum absolute atomic E-state index is 0.650. The molecule has 1 saturated heterocycles. The molecule has 1 nitrogen and oxygen atoms in total. The van der Waals surface area contributed by atoms with Crippen molar-refractivity contribution in [2.75, 3.05) is 18.8 Å². The van der Waals surface area contributed by atoms with Gasteiger partial charge >= 0.3 is 0 Å². The molecule has 1 fully saturated rings. The van der Waals surface area contributed by atoms with Crippen molar-refractivity contribution in [3.63, 3.8) is 0 Å². The summed E-state index contributed by atoms with van der Waals surface area (Å²) in [5.41, 5.74) is 1.41. The van der Waals surface area contributed by atoms with Crippen molar-refractivity contribution >= 4 is 28.6 Å². The van der Waals surface area contributed by atoms with E-state index in [-0.39, 0.29) is 0 Å². The molecule has 3 heteroatoms. The van der Waals surface area contributed by atoms with E-state index in [1.165, 1.54) is 18.5 Å². The molecule has 0 amide bonds. The molecular formula is C13H18BrNS. The normalized spacial score (nSPS) is 26.9. The molecule has 1 heterocycles. The number of piperidine rings is 1. The van der Waals surface area contributed by atoms with Crippen LogP contribution in [0.2, 0.25) is 0 Å². The summed E-state index contributed by atoms with van der Waals surface area (Å²) < 4.78 is 0. The van der Waals surface area contributed by atoms with Crippen LogP contribution in [0.5, 0.6) is 0 Å². The zero-order valence-electron chi connectivity index (χ0n) is 9.35. The van der Waals surface area contributed by atoms with Gasteiger partial charge in [0.05, 0.1) is 0 Å². The van der Waals surface area contributed by atoms with Crippen LogP contribution in [0.25, 0.3) is 0 Å². The number of alkyl halides is 1. The lowest BCUT2D eigenvalue weighted by Gasteiger charge is -2.35. The molecule has 2 atom stereocenters. The average Bonchev–Trinajstić information content (AvgIpc) is 2.33. The highest BCUT2D eigenvalue weighted by atomic mass is 79.9. The summed E-state index contributed by atoms with van der Waals surface area (Å²) in [7, 11) is 0. The molecule has 2 unspecified atom stereocenters. The van der Waals surface area contributed by atoms with E-state index in [1.54, 1.807) is 0 Å². The van der Waals surface area contributed by atoms with Gasteiger partial charge in [0.25, 0.3) is 0 Å². The highest BCUT2D eigenvalue weighted by Crippen LogP contribution is 2.25. The molecule has 88 valence electrons. The molecule has 16 heavy (non-hydrogen) atoms. The number of thiol groups is 1. The second-order valence-corrected chi connectivity index (χ2v) is 6.01. The zero-order chi connectivity index (χ0) is 11.4. The van der Waals surface area contributed by atoms with E-state index >= 15 is 0 Å². The predicted octanol–water partition coefficient (Wildman–Crippen LogP) is 3.20. The van der Waals surface area contributed by atoms with Gasteiger partial charge in [-0.25, -0.2) is 0 Å². The summed E-state index contributed by atoms with van der Waals surface area (Å²) >= 11 is 8.19. The number of benzene rings is 1. The third-order valence-corrected chi connectivity index (χ3v) is 4.88. The first kappa shape index (κ1) is 12.5. The third-order valence-electron chi connectivity index (χ3n) is 3.21. The van der Waals surface area contributed by atoms with Gasteiger partial charge in [-0.15, -0.1) is 0 Å². The highest BCUT2D eigenvalue weighted by Gasteiger charge is 2.26. The van der Waals surface area contributed by atoms with Crippen molar-refractivity contribution in [3.8, 4) is 0 Å². The third kappa shape index (κ3) is 3.25. The van der Waals surface area contributed by atoms with Gasteiger partial charge in [0.2, 0.25) is 0 Å². The second-order valence-electron chi connectivity index (χ2n) is 4.47. The smallest absolute Gasteiger partial charge is 0.0233 e. The molecule has 1 aliphatic rings. The summed E-state index contributed by atoms with van der Waals surface area (Å²) in [5.74, 6) is 1.65. The van der Waals surface area contributed by atoms with Crippen LogP contribution in [0.15, 0.2) is 30.3 Å². The Hall–Kier alpha value is 0.01000. The lowest BCUT2D eigenvalue weighted by atomic mass is 9.99. The minimum atomic E-state index is 0.650. The van der Waals surface area contributed by atoms with Gasteiger partial charge < -0.3 is 0 Å². The first-order valence-electron chi connectivity index (χ1n) is 5.81. The van der Waals surface area contributed by atoms with Gasteiger partial charge in [-0.3, -0.25) is 4.90 Å². The maximum Gasteiger partial charge on any atom is 0.0233 e. The Morgan fingerprint density at radius 2 is 2.06 bits per heavy atom. The summed E-state index contributed by atoms with van der Waals surface area (Å²) in [6.07, 6.45) is 1.23. The van der Waals surface area contributed by atoms with Crippen molar-refractivity contribution < 1.29 is 0 Å². The number of hydrogen-bond donors (Lipinski definition) is 1. The SMILES string of the molecule is SCC1CN(Cc2ccccc2)CCC1Br. The molecule has 0 radical (unpaired) electrons. The van der Waals surface area contributed by atoms with Crippen molar-refractivity contribution in [2.24, 2.45) is 5.92 Å². The standard InChI is InChI=1S/C13H18BrNS/c14-13-6-7-15(9-12(13)10-16)8-11-4-2-1-3-5-11/h1-5,12-13,16H,6-10H2. The monoisotopic (exact) mass is 299 g/mol. The topological polar surface area (TPSA) is 3.24 Å². The molecule has 0 spiro atoms. The number of halogens is 1. The van der Waals surface area contributed by atoms with Crippen molar-refractivity contribution in [2.45, 2.75) is 17.8 Å². The number of likely N-dealkylation sites (tertiary alicyclic amines) is 1. The number of hydrogen-bond acceptors (Lipinski definition) is 2. The van der Waals surface area contributed by atoms with Crippen molar-refractivity contribution in [1.29, 1.82) is 0 Å². The maximum absolute atomic E-state index is 4.43. The summed E-state index contributed by atoms with van der Waals surface area (Å²) in [4.78, 5) is 3.19. The lowest BCUT2D eigenvalue weighted by molar-refractivity contribution is 0.186. The Morgan fingerprint density at radius 1 is 1.31 bits per heavy atom. The quantitative estimate of drug-likeness (QED) is 0.663. The van der Waals surface area contributed by atoms with E-state index in [0.717, 1.165) is 18.8 Å². The predicted molar refractivity (Wildman–Crippen MR) is 76.4 cm³/mol. The van der Waals surface area contributed by atoms with E-state index in [9.17, 15) is 0 Å². The highest BCUT2D eigenvalue weighted by molar-refractivity contribution is 9.09. The van der Waals surface area contributed by atoms with Crippen LogP contribution < -0.4 is 0 Å². The number of nitrogens with zero attached hydrogens (tertiary/aromatic N) is 1.